The molecule has 1 aliphatic rings. The fourth-order valence-electron chi connectivity index (χ4n) is 3.70. The molecule has 1 amide bonds. The van der Waals surface area contributed by atoms with Crippen LogP contribution in [0.1, 0.15) is 35.8 Å². The van der Waals surface area contributed by atoms with Gasteiger partial charge in [-0.15, -0.1) is 0 Å². The molecule has 2 aromatic rings. The maximum atomic E-state index is 14.2. The molecule has 3 atom stereocenters. The lowest BCUT2D eigenvalue weighted by molar-refractivity contribution is 0.0397. The molecule has 6 nitrogen and oxygen atoms in total. The van der Waals surface area contributed by atoms with Crippen molar-refractivity contribution in [3.63, 3.8) is 0 Å². The van der Waals surface area contributed by atoms with E-state index in [0.717, 1.165) is 12.1 Å². The largest absolute Gasteiger partial charge is 0.333 e. The average Bonchev–Trinajstić information content (AvgIpc) is 2.70. The van der Waals surface area contributed by atoms with Gasteiger partial charge in [0, 0.05) is 48.5 Å². The first-order valence-corrected chi connectivity index (χ1v) is 10.5. The molecule has 3 rings (SSSR count). The summed E-state index contributed by atoms with van der Waals surface area (Å²) in [7, 11) is 0. The molecule has 0 radical (unpaired) electrons. The van der Waals surface area contributed by atoms with Crippen molar-refractivity contribution in [2.24, 2.45) is 0 Å². The number of piperazine rings is 1. The third-order valence-corrected chi connectivity index (χ3v) is 5.71. The summed E-state index contributed by atoms with van der Waals surface area (Å²) >= 11 is -2.20. The van der Waals surface area contributed by atoms with Crippen LogP contribution in [0.4, 0.5) is 18.9 Å². The van der Waals surface area contributed by atoms with Gasteiger partial charge in [0.1, 0.15) is 5.82 Å². The Balaban J connectivity index is 1.70. The standard InChI is InChI=1S/C20H22F3N3O3S/c1-12-11-25(13(2)18-16(21)7-8-17(22)19(18)23)9-10-26(12)20(27)14-3-5-15(6-4-14)24-30(28)29/h3-8,12-13,24H,9-11H2,1-2H3,(H,28,29)/t12-,13?/m0/s1. The summed E-state index contributed by atoms with van der Waals surface area (Å²) in [5, 5.41) is 0. The van der Waals surface area contributed by atoms with E-state index in [1.165, 1.54) is 12.1 Å². The van der Waals surface area contributed by atoms with Crippen LogP contribution < -0.4 is 4.72 Å². The lowest BCUT2D eigenvalue weighted by Gasteiger charge is -2.42. The van der Waals surface area contributed by atoms with E-state index in [1.54, 1.807) is 24.0 Å². The van der Waals surface area contributed by atoms with E-state index in [0.29, 0.717) is 30.9 Å². The van der Waals surface area contributed by atoms with Crippen LogP contribution in [0.2, 0.25) is 0 Å². The average molecular weight is 441 g/mol. The molecule has 2 N–H and O–H groups in total. The fraction of sp³-hybridized carbons (Fsp3) is 0.350. The summed E-state index contributed by atoms with van der Waals surface area (Å²) in [5.74, 6) is -3.30. The van der Waals surface area contributed by atoms with Crippen LogP contribution in [0.3, 0.4) is 0 Å². The van der Waals surface area contributed by atoms with Crippen LogP contribution in [0.25, 0.3) is 0 Å². The zero-order valence-corrected chi connectivity index (χ0v) is 17.3. The van der Waals surface area contributed by atoms with E-state index >= 15 is 0 Å². The minimum atomic E-state index is -2.20. The number of hydrogen-bond acceptors (Lipinski definition) is 3. The van der Waals surface area contributed by atoms with Crippen molar-refractivity contribution in [1.82, 2.24) is 9.80 Å². The molecular weight excluding hydrogens is 419 g/mol. The molecule has 2 aromatic carbocycles. The molecule has 30 heavy (non-hydrogen) atoms. The summed E-state index contributed by atoms with van der Waals surface area (Å²) in [6, 6.07) is 6.91. The third kappa shape index (κ3) is 4.66. The van der Waals surface area contributed by atoms with Gasteiger partial charge >= 0.3 is 0 Å². The Morgan fingerprint density at radius 2 is 1.77 bits per heavy atom. The molecule has 0 saturated carbocycles. The molecule has 0 bridgehead atoms. The Bertz CT molecular complexity index is 958. The predicted octanol–water partition coefficient (Wildman–Crippen LogP) is 3.56. The molecule has 1 aliphatic heterocycles. The summed E-state index contributed by atoms with van der Waals surface area (Å²) in [5.41, 5.74) is 0.504. The second kappa shape index (κ2) is 9.15. The highest BCUT2D eigenvalue weighted by molar-refractivity contribution is 7.80. The smallest absolute Gasteiger partial charge is 0.259 e. The van der Waals surface area contributed by atoms with E-state index in [1.807, 2.05) is 11.8 Å². The first-order chi connectivity index (χ1) is 14.2. The maximum absolute atomic E-state index is 14.2. The van der Waals surface area contributed by atoms with Gasteiger partial charge in [-0.3, -0.25) is 19.0 Å². The Morgan fingerprint density at radius 1 is 1.13 bits per heavy atom. The zero-order chi connectivity index (χ0) is 22.0. The SMILES string of the molecule is CC(c1c(F)ccc(F)c1F)N1CCN(C(=O)c2ccc(NS(=O)O)cc2)[C@@H](C)C1. The molecule has 0 aromatic heterocycles. The summed E-state index contributed by atoms with van der Waals surface area (Å²) in [6.45, 7) is 4.52. The van der Waals surface area contributed by atoms with Crippen molar-refractivity contribution in [3.8, 4) is 0 Å². The van der Waals surface area contributed by atoms with Crippen molar-refractivity contribution in [2.75, 3.05) is 24.4 Å². The number of benzene rings is 2. The number of carbonyl (C=O) groups is 1. The Morgan fingerprint density at radius 3 is 2.37 bits per heavy atom. The lowest BCUT2D eigenvalue weighted by atomic mass is 10.0. The van der Waals surface area contributed by atoms with Gasteiger partial charge in [-0.2, -0.15) is 0 Å². The number of halogens is 3. The van der Waals surface area contributed by atoms with Crippen molar-refractivity contribution in [3.05, 3.63) is 65.0 Å². The van der Waals surface area contributed by atoms with E-state index in [9.17, 15) is 22.2 Å². The second-order valence-electron chi connectivity index (χ2n) is 7.20. The van der Waals surface area contributed by atoms with Gasteiger partial charge in [0.2, 0.25) is 0 Å². The molecule has 0 aliphatic carbocycles. The van der Waals surface area contributed by atoms with Gasteiger partial charge in [0.05, 0.1) is 0 Å². The zero-order valence-electron chi connectivity index (χ0n) is 16.4. The topological polar surface area (TPSA) is 72.9 Å². The summed E-state index contributed by atoms with van der Waals surface area (Å²) in [6.07, 6.45) is 0. The number of nitrogens with zero attached hydrogens (tertiary/aromatic N) is 2. The van der Waals surface area contributed by atoms with E-state index in [2.05, 4.69) is 4.72 Å². The Kier molecular flexibility index (Phi) is 6.79. The molecular formula is C20H22F3N3O3S. The van der Waals surface area contributed by atoms with Crippen LogP contribution in [0.5, 0.6) is 0 Å². The maximum Gasteiger partial charge on any atom is 0.259 e. The Hall–Kier alpha value is -2.43. The van der Waals surface area contributed by atoms with E-state index < -0.39 is 34.8 Å². The molecule has 1 saturated heterocycles. The number of hydrogen-bond donors (Lipinski definition) is 2. The molecule has 162 valence electrons. The second-order valence-corrected chi connectivity index (χ2v) is 7.91. The van der Waals surface area contributed by atoms with Crippen LogP contribution in [-0.4, -0.2) is 50.1 Å². The first-order valence-electron chi connectivity index (χ1n) is 9.35. The van der Waals surface area contributed by atoms with Crippen LogP contribution in [0, 0.1) is 17.5 Å². The van der Waals surface area contributed by atoms with Crippen molar-refractivity contribution < 1.29 is 26.7 Å². The highest BCUT2D eigenvalue weighted by atomic mass is 32.2. The summed E-state index contributed by atoms with van der Waals surface area (Å²) < 4.78 is 63.8. The van der Waals surface area contributed by atoms with Gasteiger partial charge in [0.15, 0.2) is 11.6 Å². The minimum absolute atomic E-state index is 0.213. The number of anilines is 1. The molecule has 1 fully saturated rings. The third-order valence-electron chi connectivity index (χ3n) is 5.30. The van der Waals surface area contributed by atoms with Gasteiger partial charge < -0.3 is 4.90 Å². The molecule has 2 unspecified atom stereocenters. The highest BCUT2D eigenvalue weighted by Gasteiger charge is 2.32. The Labute approximate surface area is 175 Å². The van der Waals surface area contributed by atoms with Crippen LogP contribution in [-0.2, 0) is 11.3 Å². The monoisotopic (exact) mass is 441 g/mol. The number of carbonyl (C=O) groups excluding carboxylic acids is 1. The van der Waals surface area contributed by atoms with E-state index in [4.69, 9.17) is 4.55 Å². The molecule has 10 heteroatoms. The van der Waals surface area contributed by atoms with Crippen molar-refractivity contribution in [2.45, 2.75) is 25.9 Å². The van der Waals surface area contributed by atoms with Crippen LogP contribution in [0.15, 0.2) is 36.4 Å². The summed E-state index contributed by atoms with van der Waals surface area (Å²) in [4.78, 5) is 16.3. The van der Waals surface area contributed by atoms with Crippen molar-refractivity contribution in [1.29, 1.82) is 0 Å². The number of nitrogens with one attached hydrogen (secondary N) is 1. The number of amides is 1. The van der Waals surface area contributed by atoms with Gasteiger partial charge in [0.25, 0.3) is 17.2 Å². The van der Waals surface area contributed by atoms with Gasteiger partial charge in [-0.25, -0.2) is 17.4 Å². The predicted molar refractivity (Wildman–Crippen MR) is 108 cm³/mol. The van der Waals surface area contributed by atoms with Gasteiger partial charge in [-0.05, 0) is 50.2 Å². The minimum Gasteiger partial charge on any atom is -0.333 e. The fourth-order valence-corrected chi connectivity index (χ4v) is 4.03. The highest BCUT2D eigenvalue weighted by Crippen LogP contribution is 2.29. The normalized spacial score (nSPS) is 19.4. The van der Waals surface area contributed by atoms with Gasteiger partial charge in [-0.1, -0.05) is 0 Å². The van der Waals surface area contributed by atoms with E-state index in [-0.39, 0.29) is 17.5 Å². The quantitative estimate of drug-likeness (QED) is 0.550. The molecule has 0 spiro atoms. The number of rotatable bonds is 5. The molecule has 1 heterocycles. The first kappa shape index (κ1) is 22.3. The van der Waals surface area contributed by atoms with Crippen LogP contribution >= 0.6 is 0 Å². The van der Waals surface area contributed by atoms with Crippen molar-refractivity contribution >= 4 is 22.9 Å². The lowest BCUT2D eigenvalue weighted by Crippen LogP contribution is -2.54.